The molecular formula is C21H26N4O3. The molecule has 1 N–H and O–H groups in total. The van der Waals surface area contributed by atoms with Crippen molar-refractivity contribution in [2.24, 2.45) is 11.8 Å². The van der Waals surface area contributed by atoms with Crippen LogP contribution in [0.25, 0.3) is 0 Å². The molecule has 4 rings (SSSR count). The SMILES string of the molecule is O=C(Nc1cccc(OCCn2cccn2)c1)C1CCN(C(=O)C2CC2)CC1. The summed E-state index contributed by atoms with van der Waals surface area (Å²) in [6.45, 7) is 2.54. The van der Waals surface area contributed by atoms with Crippen molar-refractivity contribution in [3.05, 3.63) is 42.7 Å². The molecule has 148 valence electrons. The van der Waals surface area contributed by atoms with Crippen molar-refractivity contribution in [3.63, 3.8) is 0 Å². The molecule has 0 atom stereocenters. The Morgan fingerprint density at radius 1 is 1.11 bits per heavy atom. The van der Waals surface area contributed by atoms with E-state index in [2.05, 4.69) is 10.4 Å². The minimum Gasteiger partial charge on any atom is -0.492 e. The number of carbonyl (C=O) groups excluding carboxylic acids is 2. The first-order chi connectivity index (χ1) is 13.7. The first-order valence-corrected chi connectivity index (χ1v) is 9.99. The van der Waals surface area contributed by atoms with Gasteiger partial charge in [0.2, 0.25) is 11.8 Å². The number of likely N-dealkylation sites (tertiary alicyclic amines) is 1. The summed E-state index contributed by atoms with van der Waals surface area (Å²) in [6, 6.07) is 9.33. The Bertz CT molecular complexity index is 809. The second-order valence-corrected chi connectivity index (χ2v) is 7.51. The molecule has 2 aliphatic rings. The number of benzene rings is 1. The number of rotatable bonds is 7. The van der Waals surface area contributed by atoms with Crippen LogP contribution in [0.5, 0.6) is 5.75 Å². The summed E-state index contributed by atoms with van der Waals surface area (Å²) in [4.78, 5) is 26.7. The summed E-state index contributed by atoms with van der Waals surface area (Å²) < 4.78 is 7.57. The summed E-state index contributed by atoms with van der Waals surface area (Å²) >= 11 is 0. The molecule has 2 fully saturated rings. The number of nitrogens with one attached hydrogen (secondary N) is 1. The van der Waals surface area contributed by atoms with E-state index in [1.54, 1.807) is 6.20 Å². The summed E-state index contributed by atoms with van der Waals surface area (Å²) in [7, 11) is 0. The lowest BCUT2D eigenvalue weighted by Gasteiger charge is -2.31. The van der Waals surface area contributed by atoms with Gasteiger partial charge in [0.25, 0.3) is 0 Å². The van der Waals surface area contributed by atoms with Gasteiger partial charge in [0.1, 0.15) is 12.4 Å². The van der Waals surface area contributed by atoms with Crippen molar-refractivity contribution in [2.45, 2.75) is 32.2 Å². The third-order valence-corrected chi connectivity index (χ3v) is 5.35. The van der Waals surface area contributed by atoms with Gasteiger partial charge in [0.05, 0.1) is 6.54 Å². The highest BCUT2D eigenvalue weighted by molar-refractivity contribution is 5.93. The fraction of sp³-hybridized carbons (Fsp3) is 0.476. The molecule has 2 aromatic rings. The smallest absolute Gasteiger partial charge is 0.227 e. The van der Waals surface area contributed by atoms with Crippen LogP contribution in [0.3, 0.4) is 0 Å². The largest absolute Gasteiger partial charge is 0.492 e. The lowest BCUT2D eigenvalue weighted by molar-refractivity contribution is -0.135. The third-order valence-electron chi connectivity index (χ3n) is 5.35. The molecule has 7 heteroatoms. The third kappa shape index (κ3) is 4.71. The van der Waals surface area contributed by atoms with E-state index < -0.39 is 0 Å². The Hall–Kier alpha value is -2.83. The fourth-order valence-corrected chi connectivity index (χ4v) is 3.55. The summed E-state index contributed by atoms with van der Waals surface area (Å²) in [5.41, 5.74) is 0.734. The van der Waals surface area contributed by atoms with Crippen molar-refractivity contribution in [1.82, 2.24) is 14.7 Å². The van der Waals surface area contributed by atoms with Gasteiger partial charge in [0, 0.05) is 49.1 Å². The average molecular weight is 382 g/mol. The first-order valence-electron chi connectivity index (χ1n) is 9.99. The molecule has 2 amide bonds. The minimum absolute atomic E-state index is 0.0206. The van der Waals surface area contributed by atoms with E-state index in [9.17, 15) is 9.59 Å². The molecule has 1 saturated heterocycles. The number of carbonyl (C=O) groups is 2. The van der Waals surface area contributed by atoms with E-state index in [1.165, 1.54) is 0 Å². The van der Waals surface area contributed by atoms with Crippen LogP contribution < -0.4 is 10.1 Å². The van der Waals surface area contributed by atoms with Crippen LogP contribution in [0.2, 0.25) is 0 Å². The molecule has 0 spiro atoms. The van der Waals surface area contributed by atoms with Crippen LogP contribution in [0.1, 0.15) is 25.7 Å². The van der Waals surface area contributed by atoms with Crippen molar-refractivity contribution >= 4 is 17.5 Å². The predicted octanol–water partition coefficient (Wildman–Crippen LogP) is 2.55. The molecule has 1 saturated carbocycles. The fourth-order valence-electron chi connectivity index (χ4n) is 3.55. The van der Waals surface area contributed by atoms with Gasteiger partial charge < -0.3 is 15.0 Å². The number of anilines is 1. The Labute approximate surface area is 164 Å². The van der Waals surface area contributed by atoms with E-state index in [-0.39, 0.29) is 23.7 Å². The lowest BCUT2D eigenvalue weighted by atomic mass is 9.95. The second-order valence-electron chi connectivity index (χ2n) is 7.51. The number of nitrogens with zero attached hydrogens (tertiary/aromatic N) is 3. The quantitative estimate of drug-likeness (QED) is 0.798. The molecule has 1 aliphatic carbocycles. The van der Waals surface area contributed by atoms with Crippen LogP contribution in [-0.4, -0.2) is 46.2 Å². The topological polar surface area (TPSA) is 76.5 Å². The van der Waals surface area contributed by atoms with Crippen LogP contribution in [-0.2, 0) is 16.1 Å². The molecule has 0 bridgehead atoms. The molecule has 2 heterocycles. The monoisotopic (exact) mass is 382 g/mol. The van der Waals surface area contributed by atoms with E-state index in [4.69, 9.17) is 4.74 Å². The molecular weight excluding hydrogens is 356 g/mol. The van der Waals surface area contributed by atoms with E-state index in [1.807, 2.05) is 46.1 Å². The van der Waals surface area contributed by atoms with Gasteiger partial charge in [-0.1, -0.05) is 6.07 Å². The molecule has 0 radical (unpaired) electrons. The minimum atomic E-state index is -0.0485. The van der Waals surface area contributed by atoms with Gasteiger partial charge in [-0.3, -0.25) is 14.3 Å². The molecule has 1 aromatic carbocycles. The Morgan fingerprint density at radius 3 is 2.64 bits per heavy atom. The van der Waals surface area contributed by atoms with Crippen LogP contribution >= 0.6 is 0 Å². The summed E-state index contributed by atoms with van der Waals surface area (Å²) in [5, 5.41) is 7.14. The van der Waals surface area contributed by atoms with Gasteiger partial charge in [-0.2, -0.15) is 5.10 Å². The number of ether oxygens (including phenoxy) is 1. The molecule has 1 aromatic heterocycles. The Kier molecular flexibility index (Phi) is 5.60. The van der Waals surface area contributed by atoms with Crippen molar-refractivity contribution in [3.8, 4) is 5.75 Å². The number of amides is 2. The maximum Gasteiger partial charge on any atom is 0.227 e. The van der Waals surface area contributed by atoms with Crippen LogP contribution in [0.15, 0.2) is 42.7 Å². The molecule has 7 nitrogen and oxygen atoms in total. The Morgan fingerprint density at radius 2 is 1.93 bits per heavy atom. The number of aromatic nitrogens is 2. The van der Waals surface area contributed by atoms with Gasteiger partial charge in [-0.25, -0.2) is 0 Å². The van der Waals surface area contributed by atoms with Crippen LogP contribution in [0.4, 0.5) is 5.69 Å². The number of hydrogen-bond acceptors (Lipinski definition) is 4. The molecule has 0 unspecified atom stereocenters. The zero-order chi connectivity index (χ0) is 19.3. The second kappa shape index (κ2) is 8.46. The normalized spacial score (nSPS) is 17.4. The summed E-state index contributed by atoms with van der Waals surface area (Å²) in [6.07, 6.45) is 7.14. The van der Waals surface area contributed by atoms with Gasteiger partial charge in [-0.15, -0.1) is 0 Å². The van der Waals surface area contributed by atoms with E-state index in [0.717, 1.165) is 37.1 Å². The first kappa shape index (κ1) is 18.5. The highest BCUT2D eigenvalue weighted by Crippen LogP contribution is 2.32. The van der Waals surface area contributed by atoms with Gasteiger partial charge in [0.15, 0.2) is 0 Å². The zero-order valence-corrected chi connectivity index (χ0v) is 15.9. The maximum absolute atomic E-state index is 12.6. The summed E-state index contributed by atoms with van der Waals surface area (Å²) in [5.74, 6) is 1.22. The lowest BCUT2D eigenvalue weighted by Crippen LogP contribution is -2.42. The average Bonchev–Trinajstić information content (AvgIpc) is 3.44. The van der Waals surface area contributed by atoms with Crippen molar-refractivity contribution in [1.29, 1.82) is 0 Å². The van der Waals surface area contributed by atoms with Gasteiger partial charge >= 0.3 is 0 Å². The van der Waals surface area contributed by atoms with Crippen molar-refractivity contribution < 1.29 is 14.3 Å². The molecule has 1 aliphatic heterocycles. The maximum atomic E-state index is 12.6. The van der Waals surface area contributed by atoms with Gasteiger partial charge in [-0.05, 0) is 43.9 Å². The highest BCUT2D eigenvalue weighted by atomic mass is 16.5. The number of piperidine rings is 1. The van der Waals surface area contributed by atoms with E-state index in [0.29, 0.717) is 26.2 Å². The Balaban J connectivity index is 1.24. The zero-order valence-electron chi connectivity index (χ0n) is 15.9. The predicted molar refractivity (Wildman–Crippen MR) is 105 cm³/mol. The highest BCUT2D eigenvalue weighted by Gasteiger charge is 2.35. The van der Waals surface area contributed by atoms with Crippen molar-refractivity contribution in [2.75, 3.05) is 25.0 Å². The number of hydrogen-bond donors (Lipinski definition) is 1. The molecule has 28 heavy (non-hydrogen) atoms. The van der Waals surface area contributed by atoms with Crippen LogP contribution in [0, 0.1) is 11.8 Å². The standard InChI is InChI=1S/C21H26N4O3/c26-20(16-7-11-24(12-8-16)21(27)17-5-6-17)23-18-3-1-4-19(15-18)28-14-13-25-10-2-9-22-25/h1-4,9-10,15-17H,5-8,11-14H2,(H,23,26). The van der Waals surface area contributed by atoms with E-state index >= 15 is 0 Å².